The fourth-order valence-corrected chi connectivity index (χ4v) is 2.17. The molecular weight excluding hydrogens is 280 g/mol. The lowest BCUT2D eigenvalue weighted by Crippen LogP contribution is -1.99. The van der Waals surface area contributed by atoms with Crippen molar-refractivity contribution >= 4 is 28.0 Å². The number of nitro groups is 1. The van der Waals surface area contributed by atoms with Crippen LogP contribution in [-0.2, 0) is 0 Å². The van der Waals surface area contributed by atoms with Gasteiger partial charge < -0.3 is 5.32 Å². The summed E-state index contributed by atoms with van der Waals surface area (Å²) in [5.74, 6) is 0.387. The highest BCUT2D eigenvalue weighted by atomic mass is 16.6. The molecule has 6 heteroatoms. The minimum absolute atomic E-state index is 0.212. The molecule has 3 aromatic rings. The largest absolute Gasteiger partial charge is 0.340 e. The third-order valence-electron chi connectivity index (χ3n) is 3.20. The van der Waals surface area contributed by atoms with E-state index >= 15 is 0 Å². The highest BCUT2D eigenvalue weighted by molar-refractivity contribution is 5.86. The molecule has 0 spiro atoms. The van der Waals surface area contributed by atoms with Gasteiger partial charge in [0.05, 0.1) is 4.92 Å². The summed E-state index contributed by atoms with van der Waals surface area (Å²) in [5.41, 5.74) is 0.284. The molecule has 0 saturated carbocycles. The maximum atomic E-state index is 10.8. The molecule has 0 bridgehead atoms. The van der Waals surface area contributed by atoms with Gasteiger partial charge in [0.25, 0.3) is 0 Å². The first-order chi connectivity index (χ1) is 10.7. The highest BCUT2D eigenvalue weighted by Gasteiger charge is 2.15. The SMILES string of the molecule is N#Cc1nc(Nc2ccc3ccccc3c2)ccc1[N+](=O)[O-]. The highest BCUT2D eigenvalue weighted by Crippen LogP contribution is 2.23. The van der Waals surface area contributed by atoms with Gasteiger partial charge in [-0.2, -0.15) is 5.26 Å². The molecule has 2 aromatic carbocycles. The van der Waals surface area contributed by atoms with E-state index in [1.54, 1.807) is 6.07 Å². The van der Waals surface area contributed by atoms with Gasteiger partial charge in [0, 0.05) is 11.8 Å². The summed E-state index contributed by atoms with van der Waals surface area (Å²) in [4.78, 5) is 14.1. The Morgan fingerprint density at radius 3 is 2.59 bits per heavy atom. The number of benzene rings is 2. The third-order valence-corrected chi connectivity index (χ3v) is 3.20. The second-order valence-corrected chi connectivity index (χ2v) is 4.62. The minimum atomic E-state index is -0.620. The van der Waals surface area contributed by atoms with Crippen LogP contribution in [0.3, 0.4) is 0 Å². The first-order valence-electron chi connectivity index (χ1n) is 6.49. The minimum Gasteiger partial charge on any atom is -0.340 e. The van der Waals surface area contributed by atoms with Crippen molar-refractivity contribution in [3.8, 4) is 6.07 Å². The van der Waals surface area contributed by atoms with Gasteiger partial charge in [-0.3, -0.25) is 10.1 Å². The van der Waals surface area contributed by atoms with E-state index in [0.29, 0.717) is 5.82 Å². The van der Waals surface area contributed by atoms with Crippen LogP contribution in [-0.4, -0.2) is 9.91 Å². The first-order valence-corrected chi connectivity index (χ1v) is 6.49. The number of nitrogens with zero attached hydrogens (tertiary/aromatic N) is 3. The molecule has 1 N–H and O–H groups in total. The summed E-state index contributed by atoms with van der Waals surface area (Å²) in [5, 5.41) is 25.0. The van der Waals surface area contributed by atoms with Gasteiger partial charge in [-0.1, -0.05) is 30.3 Å². The lowest BCUT2D eigenvalue weighted by Gasteiger charge is -2.07. The van der Waals surface area contributed by atoms with Crippen molar-refractivity contribution in [1.82, 2.24) is 4.98 Å². The maximum Gasteiger partial charge on any atom is 0.305 e. The monoisotopic (exact) mass is 290 g/mol. The van der Waals surface area contributed by atoms with Crippen LogP contribution in [0.5, 0.6) is 0 Å². The van der Waals surface area contributed by atoms with Gasteiger partial charge >= 0.3 is 5.69 Å². The maximum absolute atomic E-state index is 10.8. The van der Waals surface area contributed by atoms with E-state index in [1.165, 1.54) is 12.1 Å². The molecule has 0 saturated heterocycles. The van der Waals surface area contributed by atoms with Crippen molar-refractivity contribution in [3.63, 3.8) is 0 Å². The Hall–Kier alpha value is -3.46. The lowest BCUT2D eigenvalue weighted by molar-refractivity contribution is -0.385. The second-order valence-electron chi connectivity index (χ2n) is 4.62. The number of anilines is 2. The molecule has 0 aliphatic carbocycles. The van der Waals surface area contributed by atoms with Gasteiger partial charge in [0.15, 0.2) is 0 Å². The van der Waals surface area contributed by atoms with Crippen LogP contribution in [0.1, 0.15) is 5.69 Å². The molecular formula is C16H10N4O2. The predicted octanol–water partition coefficient (Wildman–Crippen LogP) is 3.76. The molecule has 0 radical (unpaired) electrons. The van der Waals surface area contributed by atoms with Crippen molar-refractivity contribution in [2.45, 2.75) is 0 Å². The molecule has 0 fully saturated rings. The zero-order valence-electron chi connectivity index (χ0n) is 11.4. The number of nitriles is 1. The zero-order chi connectivity index (χ0) is 15.5. The van der Waals surface area contributed by atoms with Crippen molar-refractivity contribution in [1.29, 1.82) is 5.26 Å². The van der Waals surface area contributed by atoms with E-state index in [9.17, 15) is 10.1 Å². The van der Waals surface area contributed by atoms with Crippen LogP contribution < -0.4 is 5.32 Å². The van der Waals surface area contributed by atoms with E-state index < -0.39 is 4.92 Å². The van der Waals surface area contributed by atoms with E-state index in [0.717, 1.165) is 16.5 Å². The van der Waals surface area contributed by atoms with Crippen LogP contribution in [0.4, 0.5) is 17.2 Å². The van der Waals surface area contributed by atoms with Gasteiger partial charge in [-0.15, -0.1) is 0 Å². The fraction of sp³-hybridized carbons (Fsp3) is 0. The number of aromatic nitrogens is 1. The van der Waals surface area contributed by atoms with Gasteiger partial charge in [-0.25, -0.2) is 4.98 Å². The van der Waals surface area contributed by atoms with Crippen molar-refractivity contribution in [3.05, 3.63) is 70.4 Å². The van der Waals surface area contributed by atoms with Crippen LogP contribution in [0.15, 0.2) is 54.6 Å². The summed E-state index contributed by atoms with van der Waals surface area (Å²) < 4.78 is 0. The normalized spacial score (nSPS) is 10.1. The molecule has 22 heavy (non-hydrogen) atoms. The molecule has 106 valence electrons. The average molecular weight is 290 g/mol. The fourth-order valence-electron chi connectivity index (χ4n) is 2.17. The zero-order valence-corrected chi connectivity index (χ0v) is 11.4. The van der Waals surface area contributed by atoms with Crippen molar-refractivity contribution in [2.24, 2.45) is 0 Å². The Labute approximate surface area is 125 Å². The molecule has 3 rings (SSSR count). The quantitative estimate of drug-likeness (QED) is 0.585. The Kier molecular flexibility index (Phi) is 3.38. The Balaban J connectivity index is 1.94. The van der Waals surface area contributed by atoms with Crippen LogP contribution in [0.2, 0.25) is 0 Å². The Bertz CT molecular complexity index is 915. The topological polar surface area (TPSA) is 91.8 Å². The van der Waals surface area contributed by atoms with E-state index in [4.69, 9.17) is 5.26 Å². The molecule has 6 nitrogen and oxygen atoms in total. The summed E-state index contributed by atoms with van der Waals surface area (Å²) in [6.45, 7) is 0. The number of fused-ring (bicyclic) bond motifs is 1. The van der Waals surface area contributed by atoms with Crippen molar-refractivity contribution in [2.75, 3.05) is 5.32 Å². The van der Waals surface area contributed by atoms with Crippen molar-refractivity contribution < 1.29 is 4.92 Å². The Morgan fingerprint density at radius 2 is 1.86 bits per heavy atom. The summed E-state index contributed by atoms with van der Waals surface area (Å²) in [6.07, 6.45) is 0. The van der Waals surface area contributed by atoms with Crippen LogP contribution in [0.25, 0.3) is 10.8 Å². The molecule has 0 aliphatic rings. The van der Waals surface area contributed by atoms with Gasteiger partial charge in [0.1, 0.15) is 11.9 Å². The number of hydrogen-bond donors (Lipinski definition) is 1. The van der Waals surface area contributed by atoms with Gasteiger partial charge in [-0.05, 0) is 29.0 Å². The predicted molar refractivity (Wildman–Crippen MR) is 82.8 cm³/mol. The molecule has 1 heterocycles. The molecule has 1 aromatic heterocycles. The number of nitrogens with one attached hydrogen (secondary N) is 1. The van der Waals surface area contributed by atoms with E-state index in [2.05, 4.69) is 10.3 Å². The first kappa shape index (κ1) is 13.5. The molecule has 0 aliphatic heterocycles. The molecule has 0 unspecified atom stereocenters. The summed E-state index contributed by atoms with van der Waals surface area (Å²) >= 11 is 0. The summed E-state index contributed by atoms with van der Waals surface area (Å²) in [7, 11) is 0. The molecule has 0 amide bonds. The third kappa shape index (κ3) is 2.55. The Morgan fingerprint density at radius 1 is 1.09 bits per heavy atom. The average Bonchev–Trinajstić information content (AvgIpc) is 2.54. The lowest BCUT2D eigenvalue weighted by atomic mass is 10.1. The standard InChI is InChI=1S/C16H10N4O2/c17-10-14-15(20(21)22)7-8-16(19-14)18-13-6-5-11-3-1-2-4-12(11)9-13/h1-9H,(H,18,19). The molecule has 0 atom stereocenters. The van der Waals surface area contributed by atoms with E-state index in [-0.39, 0.29) is 11.4 Å². The second kappa shape index (κ2) is 5.50. The van der Waals surface area contributed by atoms with Crippen LogP contribution >= 0.6 is 0 Å². The van der Waals surface area contributed by atoms with Gasteiger partial charge in [0.2, 0.25) is 5.69 Å². The van der Waals surface area contributed by atoms with E-state index in [1.807, 2.05) is 42.5 Å². The smallest absolute Gasteiger partial charge is 0.305 e. The number of rotatable bonds is 3. The number of hydrogen-bond acceptors (Lipinski definition) is 5. The summed E-state index contributed by atoms with van der Waals surface area (Å²) in [6, 6.07) is 18.2. The number of pyridine rings is 1. The van der Waals surface area contributed by atoms with Crippen LogP contribution in [0, 0.1) is 21.4 Å².